The van der Waals surface area contributed by atoms with Gasteiger partial charge in [0.25, 0.3) is 5.91 Å². The molecule has 2 saturated heterocycles. The standard InChI is InChI=1S/C26H28F3N3O3/c1-17-11-21(35-2)5-6-22(17)24(34)31-9-7-25(8-10-31)16-32(14-19(25)15-33)20-4-3-18(13-30)23(12-20)26(27,28)29/h3-6,11-12,19,33H,7-10,14-16H2,1-2H3. The van der Waals surface area contributed by atoms with E-state index in [1.54, 1.807) is 30.2 Å². The number of aliphatic hydroxyl groups excluding tert-OH is 1. The lowest BCUT2D eigenvalue weighted by molar-refractivity contribution is -0.137. The smallest absolute Gasteiger partial charge is 0.417 e. The summed E-state index contributed by atoms with van der Waals surface area (Å²) in [4.78, 5) is 16.8. The largest absolute Gasteiger partial charge is 0.497 e. The Labute approximate surface area is 202 Å². The molecule has 0 saturated carbocycles. The number of hydrogen-bond donors (Lipinski definition) is 1. The van der Waals surface area contributed by atoms with E-state index in [2.05, 4.69) is 0 Å². The average Bonchev–Trinajstić information content (AvgIpc) is 3.20. The first-order valence-electron chi connectivity index (χ1n) is 11.5. The van der Waals surface area contributed by atoms with E-state index in [0.717, 1.165) is 11.6 Å². The van der Waals surface area contributed by atoms with Crippen molar-refractivity contribution in [2.75, 3.05) is 44.8 Å². The van der Waals surface area contributed by atoms with Crippen molar-refractivity contribution < 1.29 is 27.8 Å². The lowest BCUT2D eigenvalue weighted by Gasteiger charge is -2.42. The average molecular weight is 488 g/mol. The van der Waals surface area contributed by atoms with Crippen LogP contribution in [0.4, 0.5) is 18.9 Å². The van der Waals surface area contributed by atoms with Gasteiger partial charge < -0.3 is 19.6 Å². The molecular formula is C26H28F3N3O3. The van der Waals surface area contributed by atoms with E-state index >= 15 is 0 Å². The van der Waals surface area contributed by atoms with Gasteiger partial charge in [-0.25, -0.2) is 0 Å². The van der Waals surface area contributed by atoms with Crippen molar-refractivity contribution in [3.05, 3.63) is 58.7 Å². The van der Waals surface area contributed by atoms with Gasteiger partial charge in [0.05, 0.1) is 24.3 Å². The van der Waals surface area contributed by atoms with Crippen LogP contribution in [-0.2, 0) is 6.18 Å². The number of likely N-dealkylation sites (tertiary alicyclic amines) is 1. The van der Waals surface area contributed by atoms with Crippen LogP contribution in [-0.4, -0.2) is 55.8 Å². The summed E-state index contributed by atoms with van der Waals surface area (Å²) in [5.74, 6) is 0.509. The van der Waals surface area contributed by atoms with Crippen LogP contribution < -0.4 is 9.64 Å². The summed E-state index contributed by atoms with van der Waals surface area (Å²) in [6, 6.07) is 10.7. The van der Waals surface area contributed by atoms with Crippen LogP contribution in [0.15, 0.2) is 36.4 Å². The summed E-state index contributed by atoms with van der Waals surface area (Å²) in [6.45, 7) is 3.72. The van der Waals surface area contributed by atoms with Gasteiger partial charge in [-0.2, -0.15) is 18.4 Å². The Morgan fingerprint density at radius 2 is 1.94 bits per heavy atom. The van der Waals surface area contributed by atoms with Gasteiger partial charge in [0.1, 0.15) is 5.75 Å². The Morgan fingerprint density at radius 1 is 1.23 bits per heavy atom. The molecule has 6 nitrogen and oxygen atoms in total. The number of alkyl halides is 3. The molecule has 2 heterocycles. The monoisotopic (exact) mass is 487 g/mol. The van der Waals surface area contributed by atoms with E-state index in [9.17, 15) is 23.1 Å². The SMILES string of the molecule is COc1ccc(C(=O)N2CCC3(CC2)CN(c2ccc(C#N)c(C(F)(F)F)c2)CC3CO)c(C)c1. The Hall–Kier alpha value is -3.25. The third-order valence-corrected chi connectivity index (χ3v) is 7.54. The number of benzene rings is 2. The first-order chi connectivity index (χ1) is 16.6. The number of aryl methyl sites for hydroxylation is 1. The number of ether oxygens (including phenoxy) is 1. The molecule has 1 amide bonds. The van der Waals surface area contributed by atoms with Gasteiger partial charge in [0, 0.05) is 50.0 Å². The van der Waals surface area contributed by atoms with Crippen molar-refractivity contribution in [2.45, 2.75) is 25.9 Å². The fourth-order valence-electron chi connectivity index (χ4n) is 5.44. The van der Waals surface area contributed by atoms with E-state index in [4.69, 9.17) is 10.00 Å². The second-order valence-electron chi connectivity index (χ2n) is 9.43. The summed E-state index contributed by atoms with van der Waals surface area (Å²) in [7, 11) is 1.57. The fraction of sp³-hybridized carbons (Fsp3) is 0.462. The minimum Gasteiger partial charge on any atom is -0.497 e. The van der Waals surface area contributed by atoms with E-state index < -0.39 is 17.3 Å². The number of amides is 1. The van der Waals surface area contributed by atoms with Gasteiger partial charge in [-0.05, 0) is 67.1 Å². The fourth-order valence-corrected chi connectivity index (χ4v) is 5.44. The number of carbonyl (C=O) groups excluding carboxylic acids is 1. The van der Waals surface area contributed by atoms with E-state index in [-0.39, 0.29) is 23.8 Å². The highest BCUT2D eigenvalue weighted by molar-refractivity contribution is 5.95. The molecule has 2 aromatic carbocycles. The van der Waals surface area contributed by atoms with Crippen molar-refractivity contribution in [3.63, 3.8) is 0 Å². The highest BCUT2D eigenvalue weighted by Gasteiger charge is 2.48. The number of nitriles is 1. The number of methoxy groups -OCH3 is 1. The molecule has 1 unspecified atom stereocenters. The molecular weight excluding hydrogens is 459 g/mol. The molecule has 4 rings (SSSR count). The summed E-state index contributed by atoms with van der Waals surface area (Å²) >= 11 is 0. The predicted octanol–water partition coefficient (Wildman–Crippen LogP) is 4.25. The molecule has 2 aliphatic rings. The third-order valence-electron chi connectivity index (χ3n) is 7.54. The van der Waals surface area contributed by atoms with Gasteiger partial charge in [0.15, 0.2) is 0 Å². The van der Waals surface area contributed by atoms with Gasteiger partial charge in [0.2, 0.25) is 0 Å². The molecule has 2 aromatic rings. The zero-order chi connectivity index (χ0) is 25.4. The van der Waals surface area contributed by atoms with E-state index in [1.807, 2.05) is 17.9 Å². The number of halogens is 3. The number of anilines is 1. The Morgan fingerprint density at radius 3 is 2.51 bits per heavy atom. The molecule has 35 heavy (non-hydrogen) atoms. The third kappa shape index (κ3) is 4.67. The second kappa shape index (κ2) is 9.42. The summed E-state index contributed by atoms with van der Waals surface area (Å²) in [6.07, 6.45) is -3.32. The Bertz CT molecular complexity index is 1150. The Kier molecular flexibility index (Phi) is 6.69. The number of piperidine rings is 1. The first kappa shape index (κ1) is 24.9. The molecule has 1 spiro atoms. The number of carbonyl (C=O) groups is 1. The minimum atomic E-state index is -4.62. The molecule has 2 aliphatic heterocycles. The van der Waals surface area contributed by atoms with Gasteiger partial charge in [-0.3, -0.25) is 4.79 Å². The maximum Gasteiger partial charge on any atom is 0.417 e. The molecule has 2 fully saturated rings. The molecule has 9 heteroatoms. The van der Waals surface area contributed by atoms with Gasteiger partial charge in [-0.1, -0.05) is 0 Å². The zero-order valence-electron chi connectivity index (χ0n) is 19.7. The van der Waals surface area contributed by atoms with Crippen molar-refractivity contribution in [1.82, 2.24) is 4.90 Å². The lowest BCUT2D eigenvalue weighted by atomic mass is 9.71. The number of rotatable bonds is 4. The number of hydrogen-bond acceptors (Lipinski definition) is 5. The number of aliphatic hydroxyl groups is 1. The van der Waals surface area contributed by atoms with Crippen molar-refractivity contribution in [1.29, 1.82) is 5.26 Å². The normalized spacial score (nSPS) is 19.6. The van der Waals surface area contributed by atoms with Crippen LogP contribution in [0, 0.1) is 29.6 Å². The van der Waals surface area contributed by atoms with Crippen LogP contribution >= 0.6 is 0 Å². The topological polar surface area (TPSA) is 76.8 Å². The lowest BCUT2D eigenvalue weighted by Crippen LogP contribution is -2.47. The molecule has 1 atom stereocenters. The highest BCUT2D eigenvalue weighted by Crippen LogP contribution is 2.46. The van der Waals surface area contributed by atoms with Crippen LogP contribution in [0.5, 0.6) is 5.75 Å². The second-order valence-corrected chi connectivity index (χ2v) is 9.43. The van der Waals surface area contributed by atoms with E-state index in [1.165, 1.54) is 12.1 Å². The van der Waals surface area contributed by atoms with Crippen molar-refractivity contribution >= 4 is 11.6 Å². The maximum absolute atomic E-state index is 13.5. The van der Waals surface area contributed by atoms with Crippen molar-refractivity contribution in [2.24, 2.45) is 11.3 Å². The predicted molar refractivity (Wildman–Crippen MR) is 124 cm³/mol. The zero-order valence-corrected chi connectivity index (χ0v) is 19.7. The molecule has 186 valence electrons. The maximum atomic E-state index is 13.5. The Balaban J connectivity index is 1.51. The summed E-state index contributed by atoms with van der Waals surface area (Å²) in [5.41, 5.74) is 0.178. The summed E-state index contributed by atoms with van der Waals surface area (Å²) < 4.78 is 45.6. The van der Waals surface area contributed by atoms with Crippen LogP contribution in [0.1, 0.15) is 39.9 Å². The van der Waals surface area contributed by atoms with Crippen molar-refractivity contribution in [3.8, 4) is 11.8 Å². The minimum absolute atomic E-state index is 0.0580. The van der Waals surface area contributed by atoms with Crippen LogP contribution in [0.25, 0.3) is 0 Å². The van der Waals surface area contributed by atoms with Crippen LogP contribution in [0.3, 0.4) is 0 Å². The van der Waals surface area contributed by atoms with Gasteiger partial charge in [-0.15, -0.1) is 0 Å². The molecule has 0 aromatic heterocycles. The number of nitrogens with zero attached hydrogens (tertiary/aromatic N) is 3. The molecule has 0 aliphatic carbocycles. The quantitative estimate of drug-likeness (QED) is 0.698. The van der Waals surface area contributed by atoms with Crippen LogP contribution in [0.2, 0.25) is 0 Å². The highest BCUT2D eigenvalue weighted by atomic mass is 19.4. The summed E-state index contributed by atoms with van der Waals surface area (Å²) in [5, 5.41) is 19.2. The van der Waals surface area contributed by atoms with Gasteiger partial charge >= 0.3 is 6.18 Å². The molecule has 1 N–H and O–H groups in total. The van der Waals surface area contributed by atoms with E-state index in [0.29, 0.717) is 56.0 Å². The molecule has 0 bridgehead atoms. The molecule has 0 radical (unpaired) electrons. The first-order valence-corrected chi connectivity index (χ1v) is 11.5.